The molecule has 146 valence electrons. The molecule has 0 radical (unpaired) electrons. The third-order valence-corrected chi connectivity index (χ3v) is 6.21. The number of amides is 2. The van der Waals surface area contributed by atoms with Gasteiger partial charge in [0.1, 0.15) is 0 Å². The predicted molar refractivity (Wildman–Crippen MR) is 104 cm³/mol. The number of likely N-dealkylation sites (tertiary alicyclic amines) is 1. The number of rotatable bonds is 6. The molecule has 3 aliphatic rings. The zero-order valence-corrected chi connectivity index (χ0v) is 15.9. The molecule has 3 aliphatic heterocycles. The second-order valence-corrected chi connectivity index (χ2v) is 8.04. The second-order valence-electron chi connectivity index (χ2n) is 8.04. The Balaban J connectivity index is 1.30. The molecular formula is C21H30N4O2. The first-order chi connectivity index (χ1) is 13.2. The number of benzene rings is 1. The fourth-order valence-corrected chi connectivity index (χ4v) is 4.66. The van der Waals surface area contributed by atoms with Gasteiger partial charge in [-0.15, -0.1) is 0 Å². The van der Waals surface area contributed by atoms with Crippen molar-refractivity contribution in [1.82, 2.24) is 20.4 Å². The van der Waals surface area contributed by atoms with Crippen molar-refractivity contribution >= 4 is 11.8 Å². The average Bonchev–Trinajstić information content (AvgIpc) is 3.37. The lowest BCUT2D eigenvalue weighted by Gasteiger charge is -2.37. The standard InChI is InChI=1S/C21H30N4O2/c26-20(24-10-4-5-11-24)9-8-18-14-23-21(27)19-12-17(15-25(18)19)22-13-16-6-2-1-3-7-16/h1-3,6-7,17-19,22H,4-5,8-15H2,(H,23,27)/t17-,18-,19-/m1/s1. The maximum Gasteiger partial charge on any atom is 0.237 e. The molecule has 1 aromatic rings. The number of nitrogens with zero attached hydrogens (tertiary/aromatic N) is 2. The van der Waals surface area contributed by atoms with Crippen molar-refractivity contribution in [3.05, 3.63) is 35.9 Å². The van der Waals surface area contributed by atoms with Crippen molar-refractivity contribution in [2.75, 3.05) is 26.2 Å². The molecule has 3 saturated heterocycles. The van der Waals surface area contributed by atoms with Crippen molar-refractivity contribution in [2.24, 2.45) is 0 Å². The van der Waals surface area contributed by atoms with Gasteiger partial charge < -0.3 is 15.5 Å². The van der Waals surface area contributed by atoms with E-state index in [0.29, 0.717) is 19.0 Å². The van der Waals surface area contributed by atoms with Crippen LogP contribution in [0.2, 0.25) is 0 Å². The van der Waals surface area contributed by atoms with E-state index in [1.54, 1.807) is 0 Å². The molecule has 0 aliphatic carbocycles. The van der Waals surface area contributed by atoms with E-state index < -0.39 is 0 Å². The zero-order chi connectivity index (χ0) is 18.6. The Bertz CT molecular complexity index is 659. The summed E-state index contributed by atoms with van der Waals surface area (Å²) >= 11 is 0. The fourth-order valence-electron chi connectivity index (χ4n) is 4.66. The van der Waals surface area contributed by atoms with Crippen LogP contribution in [0.15, 0.2) is 30.3 Å². The molecule has 0 unspecified atom stereocenters. The molecule has 3 atom stereocenters. The van der Waals surface area contributed by atoms with Crippen molar-refractivity contribution in [3.8, 4) is 0 Å². The van der Waals surface area contributed by atoms with Crippen LogP contribution >= 0.6 is 0 Å². The van der Waals surface area contributed by atoms with Crippen LogP contribution < -0.4 is 10.6 Å². The minimum Gasteiger partial charge on any atom is -0.353 e. The zero-order valence-electron chi connectivity index (χ0n) is 15.9. The van der Waals surface area contributed by atoms with Gasteiger partial charge in [-0.3, -0.25) is 14.5 Å². The molecule has 6 heteroatoms. The maximum absolute atomic E-state index is 12.4. The molecule has 0 aromatic heterocycles. The fraction of sp³-hybridized carbons (Fsp3) is 0.619. The summed E-state index contributed by atoms with van der Waals surface area (Å²) in [5.74, 6) is 0.417. The SMILES string of the molecule is O=C1NC[C@@H](CCC(=O)N2CCCC2)N2C[C@H](NCc3ccccc3)C[C@H]12. The Morgan fingerprint density at radius 3 is 2.74 bits per heavy atom. The Hall–Kier alpha value is -1.92. The molecule has 2 amide bonds. The lowest BCUT2D eigenvalue weighted by molar-refractivity contribution is -0.131. The average molecular weight is 370 g/mol. The molecule has 0 bridgehead atoms. The quantitative estimate of drug-likeness (QED) is 0.788. The van der Waals surface area contributed by atoms with Crippen LogP contribution in [0.25, 0.3) is 0 Å². The minimum atomic E-state index is -0.0566. The number of piperazine rings is 1. The Kier molecular flexibility index (Phi) is 5.74. The van der Waals surface area contributed by atoms with Gasteiger partial charge in [0.2, 0.25) is 11.8 Å². The molecule has 2 N–H and O–H groups in total. The monoisotopic (exact) mass is 370 g/mol. The van der Waals surface area contributed by atoms with E-state index in [0.717, 1.165) is 51.9 Å². The van der Waals surface area contributed by atoms with Gasteiger partial charge in [0, 0.05) is 51.2 Å². The van der Waals surface area contributed by atoms with Gasteiger partial charge in [-0.25, -0.2) is 0 Å². The molecule has 0 spiro atoms. The van der Waals surface area contributed by atoms with Crippen molar-refractivity contribution in [1.29, 1.82) is 0 Å². The summed E-state index contributed by atoms with van der Waals surface area (Å²) in [6.45, 7) is 4.20. The summed E-state index contributed by atoms with van der Waals surface area (Å²) in [7, 11) is 0. The number of fused-ring (bicyclic) bond motifs is 1. The number of carbonyl (C=O) groups excluding carboxylic acids is 2. The van der Waals surface area contributed by atoms with Gasteiger partial charge in [0.05, 0.1) is 6.04 Å². The largest absolute Gasteiger partial charge is 0.353 e. The summed E-state index contributed by atoms with van der Waals surface area (Å²) in [6, 6.07) is 10.9. The third kappa shape index (κ3) is 4.33. The van der Waals surface area contributed by atoms with Crippen LogP contribution in [0.3, 0.4) is 0 Å². The summed E-state index contributed by atoms with van der Waals surface area (Å²) < 4.78 is 0. The first-order valence-corrected chi connectivity index (χ1v) is 10.3. The molecule has 4 rings (SSSR count). The molecule has 6 nitrogen and oxygen atoms in total. The van der Waals surface area contributed by atoms with Gasteiger partial charge in [-0.2, -0.15) is 0 Å². The van der Waals surface area contributed by atoms with E-state index in [4.69, 9.17) is 0 Å². The Morgan fingerprint density at radius 2 is 1.96 bits per heavy atom. The Morgan fingerprint density at radius 1 is 1.19 bits per heavy atom. The Labute approximate surface area is 161 Å². The minimum absolute atomic E-state index is 0.0566. The van der Waals surface area contributed by atoms with E-state index >= 15 is 0 Å². The number of hydrogen-bond donors (Lipinski definition) is 2. The number of nitrogens with one attached hydrogen (secondary N) is 2. The van der Waals surface area contributed by atoms with Crippen molar-refractivity contribution in [2.45, 2.75) is 56.8 Å². The number of carbonyl (C=O) groups is 2. The van der Waals surface area contributed by atoms with E-state index in [2.05, 4.69) is 39.8 Å². The molecule has 0 saturated carbocycles. The lowest BCUT2D eigenvalue weighted by atomic mass is 10.0. The molecule has 27 heavy (non-hydrogen) atoms. The van der Waals surface area contributed by atoms with E-state index in [9.17, 15) is 9.59 Å². The highest BCUT2D eigenvalue weighted by atomic mass is 16.2. The van der Waals surface area contributed by atoms with E-state index in [1.807, 2.05) is 11.0 Å². The lowest BCUT2D eigenvalue weighted by Crippen LogP contribution is -2.58. The summed E-state index contributed by atoms with van der Waals surface area (Å²) in [5.41, 5.74) is 1.26. The van der Waals surface area contributed by atoms with Crippen LogP contribution in [-0.2, 0) is 16.1 Å². The first kappa shape index (κ1) is 18.4. The topological polar surface area (TPSA) is 64.7 Å². The molecule has 3 heterocycles. The molecule has 1 aromatic carbocycles. The van der Waals surface area contributed by atoms with Gasteiger partial charge in [-0.1, -0.05) is 30.3 Å². The van der Waals surface area contributed by atoms with Crippen LogP contribution in [0, 0.1) is 0 Å². The summed E-state index contributed by atoms with van der Waals surface area (Å²) in [5, 5.41) is 6.67. The molecule has 3 fully saturated rings. The summed E-state index contributed by atoms with van der Waals surface area (Å²) in [6.07, 6.45) is 4.53. The van der Waals surface area contributed by atoms with Crippen LogP contribution in [0.4, 0.5) is 0 Å². The highest BCUT2D eigenvalue weighted by Gasteiger charge is 2.43. The van der Waals surface area contributed by atoms with Gasteiger partial charge in [0.15, 0.2) is 0 Å². The molecular weight excluding hydrogens is 340 g/mol. The highest BCUT2D eigenvalue weighted by molar-refractivity contribution is 5.83. The summed E-state index contributed by atoms with van der Waals surface area (Å²) in [4.78, 5) is 29.0. The van der Waals surface area contributed by atoms with Crippen molar-refractivity contribution in [3.63, 3.8) is 0 Å². The van der Waals surface area contributed by atoms with Crippen LogP contribution in [0.1, 0.15) is 37.7 Å². The van der Waals surface area contributed by atoms with Crippen LogP contribution in [-0.4, -0.2) is 65.9 Å². The van der Waals surface area contributed by atoms with Gasteiger partial charge in [-0.05, 0) is 31.2 Å². The smallest absolute Gasteiger partial charge is 0.237 e. The predicted octanol–water partition coefficient (Wildman–Crippen LogP) is 1.12. The van der Waals surface area contributed by atoms with Crippen molar-refractivity contribution < 1.29 is 9.59 Å². The van der Waals surface area contributed by atoms with E-state index in [1.165, 1.54) is 5.56 Å². The number of hydrogen-bond acceptors (Lipinski definition) is 4. The van der Waals surface area contributed by atoms with Gasteiger partial charge >= 0.3 is 0 Å². The normalized spacial score (nSPS) is 28.2. The van der Waals surface area contributed by atoms with Gasteiger partial charge in [0.25, 0.3) is 0 Å². The maximum atomic E-state index is 12.4. The van der Waals surface area contributed by atoms with E-state index in [-0.39, 0.29) is 23.9 Å². The van der Waals surface area contributed by atoms with Crippen LogP contribution in [0.5, 0.6) is 0 Å². The first-order valence-electron chi connectivity index (χ1n) is 10.3. The third-order valence-electron chi connectivity index (χ3n) is 6.21. The highest BCUT2D eigenvalue weighted by Crippen LogP contribution is 2.26. The second kappa shape index (κ2) is 8.40.